The Balaban J connectivity index is -0.0000000794. The molecule has 0 rings (SSSR count). The van der Waals surface area contributed by atoms with Gasteiger partial charge in [-0.3, -0.25) is 101 Å². The molecule has 0 saturated heterocycles. The van der Waals surface area contributed by atoms with Crippen LogP contribution in [0.5, 0.6) is 0 Å². The Bertz CT molecular complexity index is 2480. The number of carbonyl (C=O) groups is 18. The molecule has 0 unspecified atom stereocenters. The Morgan fingerprint density at radius 1 is 0.202 bits per heavy atom. The smallest absolute Gasteiger partial charge is 0.321 e. The predicted molar refractivity (Wildman–Crippen MR) is 397 cm³/mol. The fourth-order valence-corrected chi connectivity index (χ4v) is 3.03. The van der Waals surface area contributed by atoms with Gasteiger partial charge in [0.25, 0.3) is 0 Å². The number of carboxylic acids is 18. The van der Waals surface area contributed by atoms with E-state index in [0.717, 1.165) is 0 Å². The van der Waals surface area contributed by atoms with Crippen molar-refractivity contribution in [2.24, 2.45) is 130 Å². The summed E-state index contributed by atoms with van der Waals surface area (Å²) in [5, 5.41) is 144. The van der Waals surface area contributed by atoms with Crippen molar-refractivity contribution in [2.45, 2.75) is 197 Å². The van der Waals surface area contributed by atoms with Crippen LogP contribution in [0.3, 0.4) is 0 Å². The van der Waals surface area contributed by atoms with E-state index in [1.54, 1.807) is 0 Å². The summed E-state index contributed by atoms with van der Waals surface area (Å²) in [6.07, 6.45) is 0.738. The SMILES string of the molecule is C[C@H](N)C(=O)O.C[C@H](N)C(=O)O.C[C@H](N)C(=O)O.C[C@H](N)C(=O)O.C[C@H](N)C(=O)O.C[C@H](N)C(=O)O.C[C@H](N)C(=O)O.NC(N)=NCCC[C@H](N)C(=O)O.NC(N)=NCCC[C@H](N)C(=O)O.NC(N)=NCCC[C@H](N)C(=O)O.N[C@@H](CC(=O)O)C(=O)O.N[C@@H](CC(=O)O)C(=O)O.N[C@@H](CC(=O)O)C(=O)O.N[C@@H](CC(=O)O)C(=O)O. The molecule has 0 aliphatic rings. The van der Waals surface area contributed by atoms with Crippen LogP contribution in [0.25, 0.3) is 0 Å². The summed E-state index contributed by atoms with van der Waals surface area (Å²) in [6.45, 7) is 11.2. The van der Waals surface area contributed by atoms with Crippen molar-refractivity contribution in [2.75, 3.05) is 19.6 Å². The van der Waals surface area contributed by atoms with Gasteiger partial charge in [-0.15, -0.1) is 0 Å². The monoisotopic (exact) mass is 1680 g/mol. The molecule has 0 aromatic heterocycles. The first-order chi connectivity index (χ1) is 51.3. The van der Waals surface area contributed by atoms with Gasteiger partial charge in [0.05, 0.1) is 25.7 Å². The highest BCUT2D eigenvalue weighted by atomic mass is 16.4. The molecular weight excluding hydrogens is 1560 g/mol. The molecule has 0 saturated carbocycles. The molecule has 0 fully saturated rings. The number of nitrogens with two attached hydrogens (primary N) is 20. The lowest BCUT2D eigenvalue weighted by molar-refractivity contribution is -0.144. The molecule has 0 radical (unpaired) electrons. The van der Waals surface area contributed by atoms with Crippen LogP contribution in [0.1, 0.15) is 113 Å². The normalized spacial score (nSPS) is 12.8. The lowest BCUT2D eigenvalue weighted by Crippen LogP contribution is -2.32. The van der Waals surface area contributed by atoms with Gasteiger partial charge in [0, 0.05) is 19.6 Å². The fraction of sp³-hybridized carbons (Fsp3) is 0.618. The second kappa shape index (κ2) is 84.7. The molecule has 14 atom stereocenters. The van der Waals surface area contributed by atoms with Crippen LogP contribution in [0.2, 0.25) is 0 Å². The zero-order valence-electron chi connectivity index (χ0n) is 63.1. The lowest BCUT2D eigenvalue weighted by Gasteiger charge is -2.03. The largest absolute Gasteiger partial charge is 0.481 e. The summed E-state index contributed by atoms with van der Waals surface area (Å²) in [4.78, 5) is 187. The second-order valence-corrected chi connectivity index (χ2v) is 21.2. The van der Waals surface area contributed by atoms with Crippen LogP contribution in [0.4, 0.5) is 0 Å². The van der Waals surface area contributed by atoms with E-state index in [2.05, 4.69) is 15.0 Å². The van der Waals surface area contributed by atoms with Gasteiger partial charge in [-0.25, -0.2) is 0 Å². The quantitative estimate of drug-likeness (QED) is 0.0162. The van der Waals surface area contributed by atoms with Crippen molar-refractivity contribution >= 4 is 125 Å². The number of nitrogens with zero attached hydrogens (tertiary/aromatic N) is 3. The molecule has 59 nitrogen and oxygen atoms in total. The average molecular weight is 1680 g/mol. The first-order valence-electron chi connectivity index (χ1n) is 31.1. The molecule has 59 heteroatoms. The Kier molecular flexibility index (Phi) is 99.7. The molecule has 670 valence electrons. The van der Waals surface area contributed by atoms with E-state index in [9.17, 15) is 86.3 Å². The first-order valence-corrected chi connectivity index (χ1v) is 31.1. The third kappa shape index (κ3) is 149. The van der Waals surface area contributed by atoms with Gasteiger partial charge in [-0.1, -0.05) is 0 Å². The molecule has 58 N–H and O–H groups in total. The number of hydrogen-bond acceptors (Lipinski definition) is 35. The minimum absolute atomic E-state index is 0.0129. The van der Waals surface area contributed by atoms with E-state index in [1.165, 1.54) is 48.5 Å². The molecule has 0 bridgehead atoms. The molecule has 114 heavy (non-hydrogen) atoms. The van der Waals surface area contributed by atoms with Crippen molar-refractivity contribution in [3.63, 3.8) is 0 Å². The van der Waals surface area contributed by atoms with E-state index in [-0.39, 0.29) is 17.9 Å². The summed E-state index contributed by atoms with van der Waals surface area (Å²) in [5.74, 6) is -19.7. The Morgan fingerprint density at radius 2 is 0.298 bits per heavy atom. The van der Waals surface area contributed by atoms with Crippen molar-refractivity contribution < 1.29 is 178 Å². The minimum atomic E-state index is -1.29. The fourth-order valence-electron chi connectivity index (χ4n) is 3.03. The number of rotatable bonds is 34. The Hall–Kier alpha value is -12.3. The van der Waals surface area contributed by atoms with E-state index >= 15 is 0 Å². The zero-order chi connectivity index (χ0) is 94.5. The molecule has 0 aromatic carbocycles. The van der Waals surface area contributed by atoms with Crippen LogP contribution in [0, 0.1) is 0 Å². The summed E-state index contributed by atoms with van der Waals surface area (Å²) >= 11 is 0. The number of aliphatic carboxylic acids is 18. The summed E-state index contributed by atoms with van der Waals surface area (Å²) in [6, 6.07) is -12.7. The van der Waals surface area contributed by atoms with E-state index in [4.69, 9.17) is 207 Å². The number of aliphatic imine (C=N–C) groups is 3. The summed E-state index contributed by atoms with van der Waals surface area (Å²) < 4.78 is 0. The highest BCUT2D eigenvalue weighted by molar-refractivity contribution is 5.83. The van der Waals surface area contributed by atoms with Gasteiger partial charge in [0.1, 0.15) is 84.6 Å². The topological polar surface area (TPSA) is 1230 Å². The predicted octanol–water partition coefficient (Wildman–Crippen LogP) is -13.2. The van der Waals surface area contributed by atoms with E-state index in [0.29, 0.717) is 58.2 Å². The molecule has 0 amide bonds. The minimum Gasteiger partial charge on any atom is -0.481 e. The summed E-state index contributed by atoms with van der Waals surface area (Å²) in [7, 11) is 0. The van der Waals surface area contributed by atoms with Crippen molar-refractivity contribution in [1.29, 1.82) is 0 Å². The lowest BCUT2D eigenvalue weighted by atomic mass is 10.2. The molecule has 0 aromatic rings. The Labute approximate surface area is 648 Å². The first kappa shape index (κ1) is 134. The molecule has 0 aliphatic carbocycles. The van der Waals surface area contributed by atoms with Gasteiger partial charge in [-0.2, -0.15) is 0 Å². The molecule has 0 heterocycles. The maximum Gasteiger partial charge on any atom is 0.321 e. The molecular formula is C55H119N23O36. The highest BCUT2D eigenvalue weighted by Gasteiger charge is 2.18. The summed E-state index contributed by atoms with van der Waals surface area (Å²) in [5.41, 5.74) is 99.2. The van der Waals surface area contributed by atoms with Crippen LogP contribution >= 0.6 is 0 Å². The number of carboxylic acid groups (broad SMARTS) is 18. The van der Waals surface area contributed by atoms with Gasteiger partial charge in [0.15, 0.2) is 17.9 Å². The van der Waals surface area contributed by atoms with Crippen molar-refractivity contribution in [1.82, 2.24) is 0 Å². The van der Waals surface area contributed by atoms with Crippen molar-refractivity contribution in [3.05, 3.63) is 0 Å². The molecule has 0 aliphatic heterocycles. The van der Waals surface area contributed by atoms with Crippen LogP contribution in [-0.4, -0.2) is 321 Å². The van der Waals surface area contributed by atoms with E-state index < -0.39 is 218 Å². The third-order valence-corrected chi connectivity index (χ3v) is 9.43. The second-order valence-electron chi connectivity index (χ2n) is 21.2. The maximum atomic E-state index is 10.2. The van der Waals surface area contributed by atoms with Crippen LogP contribution < -0.4 is 115 Å². The van der Waals surface area contributed by atoms with E-state index in [1.807, 2.05) is 0 Å². The number of guanidine groups is 3. The zero-order valence-corrected chi connectivity index (χ0v) is 63.1. The van der Waals surface area contributed by atoms with Gasteiger partial charge < -0.3 is 207 Å². The third-order valence-electron chi connectivity index (χ3n) is 9.43. The average Bonchev–Trinajstić information content (AvgIpc) is 1.01. The van der Waals surface area contributed by atoms with Gasteiger partial charge >= 0.3 is 107 Å². The molecule has 0 spiro atoms. The van der Waals surface area contributed by atoms with Crippen LogP contribution in [-0.2, 0) is 86.3 Å². The number of hydrogen-bond donors (Lipinski definition) is 38. The highest BCUT2D eigenvalue weighted by Crippen LogP contribution is 1.97. The standard InChI is InChI=1S/3C6H14N4O2.4C4H7NO4.7C3H7NO2/c3*7-4(5(11)12)2-1-3-10-6(8)9;4*5-2(4(8)9)1-3(6)7;7*1-2(4)3(5)6/h3*4H,1-3,7H2,(H,11,12)(H4,8,9,10);4*2H,1,5H2,(H,6,7)(H,8,9);7*2H,4H2,1H3,(H,5,6)/t3*4-;11*2-/m00000000000000/s1. The van der Waals surface area contributed by atoms with Crippen LogP contribution in [0.15, 0.2) is 15.0 Å². The maximum absolute atomic E-state index is 10.2. The Morgan fingerprint density at radius 3 is 0.351 bits per heavy atom. The van der Waals surface area contributed by atoms with Gasteiger partial charge in [0.2, 0.25) is 0 Å². The van der Waals surface area contributed by atoms with Gasteiger partial charge in [-0.05, 0) is 87.0 Å². The van der Waals surface area contributed by atoms with Crippen molar-refractivity contribution in [3.8, 4) is 0 Å².